The van der Waals surface area contributed by atoms with E-state index in [2.05, 4.69) is 0 Å². The maximum atomic E-state index is 13.0. The number of ether oxygens (including phenoxy) is 1. The van der Waals surface area contributed by atoms with E-state index in [1.165, 1.54) is 24.3 Å². The molecule has 0 aliphatic heterocycles. The summed E-state index contributed by atoms with van der Waals surface area (Å²) in [7, 11) is 0. The molecule has 0 radical (unpaired) electrons. The lowest BCUT2D eigenvalue weighted by molar-refractivity contribution is -0.385. The minimum atomic E-state index is -0.829. The smallest absolute Gasteiger partial charge is 0.342 e. The van der Waals surface area contributed by atoms with E-state index >= 15 is 0 Å². The SMILES string of the molecule is Cc1c(-c2ccccc2)oc2c(C(=O)OCc3ccc(C(N)=O)cc3[N+](=O)[O-])cccc2c1=O. The van der Waals surface area contributed by atoms with Crippen molar-refractivity contribution >= 4 is 28.5 Å². The van der Waals surface area contributed by atoms with Gasteiger partial charge in [0.1, 0.15) is 17.9 Å². The summed E-state index contributed by atoms with van der Waals surface area (Å²) in [5, 5.41) is 11.6. The van der Waals surface area contributed by atoms with Crippen molar-refractivity contribution in [2.45, 2.75) is 13.5 Å². The fraction of sp³-hybridized carbons (Fsp3) is 0.0800. The van der Waals surface area contributed by atoms with Gasteiger partial charge in [-0.25, -0.2) is 4.79 Å². The number of amides is 1. The van der Waals surface area contributed by atoms with Gasteiger partial charge in [0.15, 0.2) is 11.0 Å². The molecule has 9 nitrogen and oxygen atoms in total. The zero-order chi connectivity index (χ0) is 24.4. The van der Waals surface area contributed by atoms with Gasteiger partial charge in [0.05, 0.1) is 15.9 Å². The lowest BCUT2D eigenvalue weighted by Gasteiger charge is -2.11. The Morgan fingerprint density at radius 2 is 1.79 bits per heavy atom. The second-order valence-corrected chi connectivity index (χ2v) is 7.47. The number of nitro benzene ring substituents is 1. The van der Waals surface area contributed by atoms with E-state index in [0.717, 1.165) is 6.07 Å². The van der Waals surface area contributed by atoms with Gasteiger partial charge in [0.25, 0.3) is 5.69 Å². The van der Waals surface area contributed by atoms with Crippen molar-refractivity contribution in [3.63, 3.8) is 0 Å². The highest BCUT2D eigenvalue weighted by Gasteiger charge is 2.22. The number of rotatable bonds is 6. The average Bonchev–Trinajstić information content (AvgIpc) is 2.84. The molecule has 0 bridgehead atoms. The van der Waals surface area contributed by atoms with Crippen LogP contribution in [0.15, 0.2) is 75.9 Å². The van der Waals surface area contributed by atoms with Gasteiger partial charge in [-0.3, -0.25) is 19.7 Å². The molecular formula is C25H18N2O7. The first kappa shape index (κ1) is 22.4. The van der Waals surface area contributed by atoms with Crippen molar-refractivity contribution in [1.29, 1.82) is 0 Å². The van der Waals surface area contributed by atoms with E-state index < -0.39 is 29.1 Å². The minimum Gasteiger partial charge on any atom is -0.457 e. The van der Waals surface area contributed by atoms with Gasteiger partial charge in [-0.05, 0) is 31.2 Å². The lowest BCUT2D eigenvalue weighted by Crippen LogP contribution is -2.13. The number of carbonyl (C=O) groups is 2. The quantitative estimate of drug-likeness (QED) is 0.260. The Kier molecular flexibility index (Phi) is 5.92. The van der Waals surface area contributed by atoms with Crippen LogP contribution < -0.4 is 11.2 Å². The van der Waals surface area contributed by atoms with Crippen LogP contribution in [0.2, 0.25) is 0 Å². The number of nitrogens with zero attached hydrogens (tertiary/aromatic N) is 1. The highest BCUT2D eigenvalue weighted by atomic mass is 16.6. The van der Waals surface area contributed by atoms with Crippen LogP contribution >= 0.6 is 0 Å². The number of para-hydroxylation sites is 1. The molecule has 0 saturated heterocycles. The van der Waals surface area contributed by atoms with Crippen LogP contribution in [-0.4, -0.2) is 16.8 Å². The number of esters is 1. The zero-order valence-corrected chi connectivity index (χ0v) is 17.9. The van der Waals surface area contributed by atoms with Crippen LogP contribution in [0.5, 0.6) is 0 Å². The fourth-order valence-electron chi connectivity index (χ4n) is 3.57. The molecule has 0 fully saturated rings. The molecule has 0 aliphatic carbocycles. The summed E-state index contributed by atoms with van der Waals surface area (Å²) in [6.45, 7) is 1.21. The Morgan fingerprint density at radius 3 is 2.47 bits per heavy atom. The standard InChI is InChI=1S/C25H18N2O7/c1-14-21(28)18-8-5-9-19(23(18)34-22(14)15-6-3-2-4-7-15)25(30)33-13-17-11-10-16(24(26)29)12-20(17)27(31)32/h2-12H,13H2,1H3,(H2,26,29). The Labute approximate surface area is 192 Å². The number of hydrogen-bond acceptors (Lipinski definition) is 7. The molecule has 1 aromatic heterocycles. The maximum Gasteiger partial charge on any atom is 0.342 e. The van der Waals surface area contributed by atoms with Gasteiger partial charge in [-0.15, -0.1) is 0 Å². The van der Waals surface area contributed by atoms with Crippen molar-refractivity contribution in [3.05, 3.63) is 109 Å². The summed E-state index contributed by atoms with van der Waals surface area (Å²) >= 11 is 0. The second kappa shape index (κ2) is 8.99. The molecule has 3 aromatic carbocycles. The van der Waals surface area contributed by atoms with Crippen molar-refractivity contribution in [2.75, 3.05) is 0 Å². The summed E-state index contributed by atoms with van der Waals surface area (Å²) in [6.07, 6.45) is 0. The van der Waals surface area contributed by atoms with E-state index in [9.17, 15) is 24.5 Å². The van der Waals surface area contributed by atoms with Crippen LogP contribution in [0.3, 0.4) is 0 Å². The summed E-state index contributed by atoms with van der Waals surface area (Å²) in [5.74, 6) is -1.32. The molecule has 170 valence electrons. The van der Waals surface area contributed by atoms with Crippen molar-refractivity contribution in [2.24, 2.45) is 5.73 Å². The molecule has 2 N–H and O–H groups in total. The number of benzene rings is 3. The number of carbonyl (C=O) groups excluding carboxylic acids is 2. The maximum absolute atomic E-state index is 13.0. The van der Waals surface area contributed by atoms with Gasteiger partial charge < -0.3 is 14.9 Å². The fourth-order valence-corrected chi connectivity index (χ4v) is 3.57. The molecule has 9 heteroatoms. The predicted octanol–water partition coefficient (Wildman–Crippen LogP) is 4.13. The summed E-state index contributed by atoms with van der Waals surface area (Å²) in [5.41, 5.74) is 5.65. The van der Waals surface area contributed by atoms with Crippen molar-refractivity contribution in [1.82, 2.24) is 0 Å². The number of nitrogens with two attached hydrogens (primary N) is 1. The molecule has 4 rings (SSSR count). The number of nitro groups is 1. The first-order chi connectivity index (χ1) is 16.3. The van der Waals surface area contributed by atoms with Crippen molar-refractivity contribution in [3.8, 4) is 11.3 Å². The molecule has 0 atom stereocenters. The van der Waals surface area contributed by atoms with Gasteiger partial charge in [-0.1, -0.05) is 36.4 Å². The van der Waals surface area contributed by atoms with Gasteiger partial charge in [-0.2, -0.15) is 0 Å². The molecule has 0 aliphatic rings. The summed E-state index contributed by atoms with van der Waals surface area (Å²) in [4.78, 5) is 47.9. The van der Waals surface area contributed by atoms with Crippen LogP contribution in [0.25, 0.3) is 22.3 Å². The molecule has 34 heavy (non-hydrogen) atoms. The molecule has 1 heterocycles. The minimum absolute atomic E-state index is 0.00295. The number of primary amides is 1. The van der Waals surface area contributed by atoms with E-state index in [-0.39, 0.29) is 33.1 Å². The van der Waals surface area contributed by atoms with E-state index in [4.69, 9.17) is 14.9 Å². The molecule has 0 unspecified atom stereocenters. The first-order valence-electron chi connectivity index (χ1n) is 10.1. The first-order valence-corrected chi connectivity index (χ1v) is 10.1. The Bertz CT molecular complexity index is 1510. The van der Waals surface area contributed by atoms with E-state index in [1.807, 2.05) is 6.07 Å². The van der Waals surface area contributed by atoms with Gasteiger partial charge in [0, 0.05) is 22.8 Å². The largest absolute Gasteiger partial charge is 0.457 e. The average molecular weight is 458 g/mol. The molecule has 1 amide bonds. The second-order valence-electron chi connectivity index (χ2n) is 7.47. The van der Waals surface area contributed by atoms with Crippen molar-refractivity contribution < 1.29 is 23.7 Å². The normalized spacial score (nSPS) is 10.7. The monoisotopic (exact) mass is 458 g/mol. The summed E-state index contributed by atoms with van der Waals surface area (Å²) in [6, 6.07) is 17.2. The molecule has 4 aromatic rings. The van der Waals surface area contributed by atoms with Crippen LogP contribution in [0.4, 0.5) is 5.69 Å². The number of hydrogen-bond donors (Lipinski definition) is 1. The van der Waals surface area contributed by atoms with Crippen LogP contribution in [0, 0.1) is 17.0 Å². The lowest BCUT2D eigenvalue weighted by atomic mass is 10.0. The summed E-state index contributed by atoms with van der Waals surface area (Å²) < 4.78 is 11.3. The van der Waals surface area contributed by atoms with Gasteiger partial charge >= 0.3 is 5.97 Å². The third kappa shape index (κ3) is 4.14. The van der Waals surface area contributed by atoms with Crippen LogP contribution in [0.1, 0.15) is 31.8 Å². The predicted molar refractivity (Wildman–Crippen MR) is 123 cm³/mol. The third-order valence-corrected chi connectivity index (χ3v) is 5.33. The topological polar surface area (TPSA) is 143 Å². The highest BCUT2D eigenvalue weighted by molar-refractivity contribution is 6.02. The Morgan fingerprint density at radius 1 is 1.06 bits per heavy atom. The molecular weight excluding hydrogens is 440 g/mol. The Hall–Kier alpha value is -4.79. The third-order valence-electron chi connectivity index (χ3n) is 5.33. The number of fused-ring (bicyclic) bond motifs is 1. The van der Waals surface area contributed by atoms with E-state index in [0.29, 0.717) is 16.9 Å². The van der Waals surface area contributed by atoms with E-state index in [1.54, 1.807) is 37.3 Å². The Balaban J connectivity index is 1.72. The zero-order valence-electron chi connectivity index (χ0n) is 17.9. The van der Waals surface area contributed by atoms with Gasteiger partial charge in [0.2, 0.25) is 5.91 Å². The molecule has 0 spiro atoms. The highest BCUT2D eigenvalue weighted by Crippen LogP contribution is 2.28. The van der Waals surface area contributed by atoms with Crippen LogP contribution in [-0.2, 0) is 11.3 Å². The molecule has 0 saturated carbocycles.